The summed E-state index contributed by atoms with van der Waals surface area (Å²) in [5.74, 6) is 0.136. The first-order valence-corrected chi connectivity index (χ1v) is 10.4. The van der Waals surface area contributed by atoms with Gasteiger partial charge in [-0.2, -0.15) is 0 Å². The van der Waals surface area contributed by atoms with Gasteiger partial charge in [0, 0.05) is 17.0 Å². The highest BCUT2D eigenvalue weighted by Crippen LogP contribution is 2.35. The molecule has 4 aromatic rings. The van der Waals surface area contributed by atoms with Gasteiger partial charge in [-0.05, 0) is 54.1 Å². The van der Waals surface area contributed by atoms with Crippen LogP contribution in [0.5, 0.6) is 11.5 Å². The minimum atomic E-state index is -0.500. The van der Waals surface area contributed by atoms with Gasteiger partial charge in [-0.1, -0.05) is 35.9 Å². The molecule has 0 saturated carbocycles. The van der Waals surface area contributed by atoms with Crippen LogP contribution in [0.15, 0.2) is 72.1 Å². The second kappa shape index (κ2) is 9.07. The van der Waals surface area contributed by atoms with Crippen LogP contribution in [0.3, 0.4) is 0 Å². The van der Waals surface area contributed by atoms with E-state index in [4.69, 9.17) is 16.3 Å². The fraction of sp³-hybridized carbons (Fsp3) is 0. The van der Waals surface area contributed by atoms with E-state index in [0.29, 0.717) is 16.3 Å². The van der Waals surface area contributed by atoms with E-state index in [2.05, 4.69) is 4.98 Å². The third-order valence-corrected chi connectivity index (χ3v) is 5.44. The summed E-state index contributed by atoms with van der Waals surface area (Å²) >= 11 is 7.50. The second-order valence-electron chi connectivity index (χ2n) is 6.43. The maximum Gasteiger partial charge on any atom is 0.312 e. The molecule has 4 rings (SSSR count). The van der Waals surface area contributed by atoms with E-state index in [1.807, 2.05) is 5.38 Å². The molecule has 1 aromatic heterocycles. The summed E-state index contributed by atoms with van der Waals surface area (Å²) in [6, 6.07) is 17.5. The molecule has 0 spiro atoms. The van der Waals surface area contributed by atoms with Gasteiger partial charge in [-0.25, -0.2) is 9.37 Å². The first-order chi connectivity index (χ1) is 15.0. The lowest BCUT2D eigenvalue weighted by molar-refractivity contribution is -0.385. The summed E-state index contributed by atoms with van der Waals surface area (Å²) in [7, 11) is 0. The van der Waals surface area contributed by atoms with Crippen molar-refractivity contribution in [1.82, 2.24) is 4.98 Å². The zero-order chi connectivity index (χ0) is 21.8. The maximum atomic E-state index is 13.1. The van der Waals surface area contributed by atoms with Gasteiger partial charge >= 0.3 is 5.69 Å². The molecule has 154 valence electrons. The summed E-state index contributed by atoms with van der Waals surface area (Å²) in [5, 5.41) is 14.5. The summed E-state index contributed by atoms with van der Waals surface area (Å²) in [4.78, 5) is 15.5. The van der Waals surface area contributed by atoms with E-state index in [0.717, 1.165) is 16.3 Å². The maximum absolute atomic E-state index is 13.1. The van der Waals surface area contributed by atoms with Crippen molar-refractivity contribution < 1.29 is 14.1 Å². The van der Waals surface area contributed by atoms with E-state index < -0.39 is 4.92 Å². The Bertz CT molecular complexity index is 1270. The normalized spacial score (nSPS) is 11.0. The molecule has 31 heavy (non-hydrogen) atoms. The van der Waals surface area contributed by atoms with Gasteiger partial charge in [0.15, 0.2) is 0 Å². The lowest BCUT2D eigenvalue weighted by Crippen LogP contribution is -1.94. The molecule has 0 atom stereocenters. The van der Waals surface area contributed by atoms with Gasteiger partial charge in [-0.15, -0.1) is 11.3 Å². The molecular formula is C23H14ClFN2O3S. The predicted molar refractivity (Wildman–Crippen MR) is 121 cm³/mol. The van der Waals surface area contributed by atoms with Crippen LogP contribution >= 0.6 is 22.9 Å². The molecule has 0 aliphatic carbocycles. The first kappa shape index (κ1) is 20.7. The smallest absolute Gasteiger partial charge is 0.312 e. The summed E-state index contributed by atoms with van der Waals surface area (Å²) in [6.07, 6.45) is 3.50. The number of hydrogen-bond donors (Lipinski definition) is 0. The molecular weight excluding hydrogens is 439 g/mol. The number of hydrogen-bond acceptors (Lipinski definition) is 5. The average Bonchev–Trinajstić information content (AvgIpc) is 3.24. The zero-order valence-corrected chi connectivity index (χ0v) is 17.4. The van der Waals surface area contributed by atoms with Gasteiger partial charge in [0.1, 0.15) is 16.6 Å². The number of nitrogens with zero attached hydrogens (tertiary/aromatic N) is 2. The Hall–Kier alpha value is -3.55. The van der Waals surface area contributed by atoms with Crippen molar-refractivity contribution >= 4 is 40.8 Å². The van der Waals surface area contributed by atoms with Crippen molar-refractivity contribution in [3.8, 4) is 22.8 Å². The van der Waals surface area contributed by atoms with Crippen LogP contribution in [0.25, 0.3) is 23.4 Å². The number of benzene rings is 3. The molecule has 0 N–H and O–H groups in total. The number of rotatable bonds is 6. The molecule has 0 bridgehead atoms. The fourth-order valence-electron chi connectivity index (χ4n) is 2.80. The van der Waals surface area contributed by atoms with Crippen molar-refractivity contribution in [2.75, 3.05) is 0 Å². The van der Waals surface area contributed by atoms with Gasteiger partial charge in [-0.3, -0.25) is 10.1 Å². The van der Waals surface area contributed by atoms with Crippen LogP contribution < -0.4 is 4.74 Å². The molecule has 0 saturated heterocycles. The fourth-order valence-corrected chi connectivity index (χ4v) is 3.69. The lowest BCUT2D eigenvalue weighted by atomic mass is 10.1. The third-order valence-electron chi connectivity index (χ3n) is 4.32. The Morgan fingerprint density at radius 2 is 1.81 bits per heavy atom. The summed E-state index contributed by atoms with van der Waals surface area (Å²) < 4.78 is 18.7. The zero-order valence-electron chi connectivity index (χ0n) is 15.9. The molecule has 3 aromatic carbocycles. The highest BCUT2D eigenvalue weighted by atomic mass is 35.5. The van der Waals surface area contributed by atoms with Crippen molar-refractivity contribution in [3.05, 3.63) is 104 Å². The molecule has 1 heterocycles. The Morgan fingerprint density at radius 1 is 1.03 bits per heavy atom. The van der Waals surface area contributed by atoms with Crippen LogP contribution in [0.2, 0.25) is 5.02 Å². The van der Waals surface area contributed by atoms with Gasteiger partial charge < -0.3 is 4.74 Å². The van der Waals surface area contributed by atoms with Crippen LogP contribution in [0.1, 0.15) is 10.6 Å². The predicted octanol–water partition coefficient (Wildman–Crippen LogP) is 7.47. The molecule has 0 aliphatic rings. The van der Waals surface area contributed by atoms with E-state index in [9.17, 15) is 14.5 Å². The number of halogens is 2. The van der Waals surface area contributed by atoms with Gasteiger partial charge in [0.25, 0.3) is 0 Å². The minimum Gasteiger partial charge on any atom is -0.449 e. The van der Waals surface area contributed by atoms with Crippen LogP contribution in [0.4, 0.5) is 10.1 Å². The Morgan fingerprint density at radius 3 is 2.55 bits per heavy atom. The third kappa shape index (κ3) is 4.96. The lowest BCUT2D eigenvalue weighted by Gasteiger charge is -2.08. The molecule has 0 aliphatic heterocycles. The Kier molecular flexibility index (Phi) is 6.06. The number of nitro groups is 1. The van der Waals surface area contributed by atoms with E-state index in [1.165, 1.54) is 35.6 Å². The number of thiazole rings is 1. The van der Waals surface area contributed by atoms with Crippen LogP contribution in [-0.4, -0.2) is 9.91 Å². The van der Waals surface area contributed by atoms with E-state index >= 15 is 0 Å². The van der Waals surface area contributed by atoms with Crippen molar-refractivity contribution in [2.24, 2.45) is 0 Å². The quantitative estimate of drug-likeness (QED) is 0.225. The van der Waals surface area contributed by atoms with Crippen molar-refractivity contribution in [2.45, 2.75) is 0 Å². The monoisotopic (exact) mass is 452 g/mol. The number of aromatic nitrogens is 1. The molecule has 5 nitrogen and oxygen atoms in total. The molecule has 0 amide bonds. The molecule has 0 unspecified atom stereocenters. The Balaban J connectivity index is 1.56. The number of nitro benzene ring substituents is 1. The highest BCUT2D eigenvalue weighted by molar-refractivity contribution is 7.10. The first-order valence-electron chi connectivity index (χ1n) is 9.10. The largest absolute Gasteiger partial charge is 0.449 e. The molecule has 0 radical (unpaired) electrons. The topological polar surface area (TPSA) is 65.3 Å². The summed E-state index contributed by atoms with van der Waals surface area (Å²) in [6.45, 7) is 0. The van der Waals surface area contributed by atoms with Crippen molar-refractivity contribution in [1.29, 1.82) is 0 Å². The average molecular weight is 453 g/mol. The number of para-hydroxylation sites is 1. The van der Waals surface area contributed by atoms with Gasteiger partial charge in [0.05, 0.1) is 15.6 Å². The number of ether oxygens (including phenoxy) is 1. The van der Waals surface area contributed by atoms with E-state index in [-0.39, 0.29) is 17.3 Å². The van der Waals surface area contributed by atoms with Gasteiger partial charge in [0.2, 0.25) is 5.75 Å². The standard InChI is InChI=1S/C23H14ClFN2O3S/c24-18-3-1-2-4-21(18)30-22-11-5-15(13-20(22)27(28)29)6-12-23-26-19(14-31-23)16-7-9-17(25)10-8-16/h1-14H/b12-6+. The molecule has 8 heteroatoms. The van der Waals surface area contributed by atoms with E-state index in [1.54, 1.807) is 54.6 Å². The molecule has 0 fully saturated rings. The SMILES string of the molecule is O=[N+]([O-])c1cc(/C=C/c2nc(-c3ccc(F)cc3)cs2)ccc1Oc1ccccc1Cl. The highest BCUT2D eigenvalue weighted by Gasteiger charge is 2.17. The minimum absolute atomic E-state index is 0.100. The van der Waals surface area contributed by atoms with Crippen molar-refractivity contribution in [3.63, 3.8) is 0 Å². The Labute approximate surface area is 186 Å². The second-order valence-corrected chi connectivity index (χ2v) is 7.72. The van der Waals surface area contributed by atoms with Crippen LogP contribution in [0, 0.1) is 15.9 Å². The van der Waals surface area contributed by atoms with Crippen LogP contribution in [-0.2, 0) is 0 Å². The summed E-state index contributed by atoms with van der Waals surface area (Å²) in [5.41, 5.74) is 2.00.